The lowest BCUT2D eigenvalue weighted by molar-refractivity contribution is -0.0348. The number of piperidine rings is 1. The van der Waals surface area contributed by atoms with E-state index in [-0.39, 0.29) is 22.6 Å². The fourth-order valence-electron chi connectivity index (χ4n) is 9.83. The van der Waals surface area contributed by atoms with Crippen LogP contribution in [0.15, 0.2) is 90.8 Å². The zero-order chi connectivity index (χ0) is 38.4. The number of nitrogens with one attached hydrogen (secondary N) is 1. The van der Waals surface area contributed by atoms with Crippen molar-refractivity contribution in [1.82, 2.24) is 14.9 Å². The number of anilines is 1. The monoisotopic (exact) mass is 754 g/mol. The van der Waals surface area contributed by atoms with Crippen molar-refractivity contribution in [1.29, 1.82) is 0 Å². The summed E-state index contributed by atoms with van der Waals surface area (Å²) in [6.45, 7) is 8.95. The van der Waals surface area contributed by atoms with Crippen LogP contribution in [0.3, 0.4) is 0 Å². The maximum atomic E-state index is 15.8. The Hall–Kier alpha value is -5.15. The number of benzene rings is 3. The normalized spacial score (nSPS) is 19.6. The number of halogens is 1. The average molecular weight is 755 g/mol. The van der Waals surface area contributed by atoms with E-state index in [0.717, 1.165) is 80.7 Å². The van der Waals surface area contributed by atoms with E-state index in [9.17, 15) is 4.79 Å². The number of aryl methyl sites for hydroxylation is 1. The Morgan fingerprint density at radius 1 is 1.02 bits per heavy atom. The zero-order valence-corrected chi connectivity index (χ0v) is 32.7. The molecule has 1 N–H and O–H groups in total. The summed E-state index contributed by atoms with van der Waals surface area (Å²) in [7, 11) is 0. The van der Waals surface area contributed by atoms with Gasteiger partial charge < -0.3 is 24.1 Å². The van der Waals surface area contributed by atoms with Crippen LogP contribution in [0.25, 0.3) is 11.0 Å². The van der Waals surface area contributed by atoms with Gasteiger partial charge in [0.15, 0.2) is 17.3 Å². The van der Waals surface area contributed by atoms with Gasteiger partial charge in [0.05, 0.1) is 17.4 Å². The first kappa shape index (κ1) is 36.5. The number of pyridine rings is 1. The Morgan fingerprint density at radius 2 is 1.86 bits per heavy atom. The Kier molecular flexibility index (Phi) is 9.82. The summed E-state index contributed by atoms with van der Waals surface area (Å²) in [5, 5.41) is 0.902. The number of hydrogen-bond acceptors (Lipinski definition) is 7. The Morgan fingerprint density at radius 3 is 2.68 bits per heavy atom. The molecule has 4 aliphatic rings. The van der Waals surface area contributed by atoms with Crippen molar-refractivity contribution in [3.05, 3.63) is 119 Å². The molecular weight excluding hydrogens is 704 g/mol. The highest BCUT2D eigenvalue weighted by Gasteiger charge is 2.49. The lowest BCUT2D eigenvalue weighted by atomic mass is 9.59. The van der Waals surface area contributed by atoms with Crippen LogP contribution in [0, 0.1) is 11.2 Å². The molecule has 1 spiro atoms. The lowest BCUT2D eigenvalue weighted by Gasteiger charge is -2.57. The van der Waals surface area contributed by atoms with Gasteiger partial charge in [-0.25, -0.2) is 9.37 Å². The van der Waals surface area contributed by atoms with Gasteiger partial charge in [-0.15, -0.1) is 0 Å². The molecule has 1 atom stereocenters. The maximum Gasteiger partial charge on any atom is 0.231 e. The van der Waals surface area contributed by atoms with Crippen LogP contribution >= 0.6 is 0 Å². The molecule has 290 valence electrons. The van der Waals surface area contributed by atoms with E-state index < -0.39 is 0 Å². The van der Waals surface area contributed by atoms with Crippen LogP contribution in [0.4, 0.5) is 10.1 Å². The van der Waals surface area contributed by atoms with Crippen LogP contribution in [-0.2, 0) is 6.42 Å². The molecular formula is C47H51FN4O4. The molecule has 1 saturated carbocycles. The molecule has 9 rings (SSSR count). The number of hydrogen-bond donors (Lipinski definition) is 1. The standard InChI is InChI=1S/C47H51FN4O4/c1-30(2)37-10-4-5-11-38(37)41-22-32(13-14-33-9-6-12-43-45(33)55-29-54-43)8-7-19-52(41)35-26-47(27-35)16-20-51(21-17-47)42-25-44(39(31(3)53)24-40(42)48)56-36-23-34-15-18-49-46(34)50-28-36/h4-6,8-12,15,18,23-25,28,30,35,41H,7,13-14,16-17,19-22,26-27,29H2,1-3H3,(H,49,50)/t41-/m0/s1. The molecule has 3 aromatic carbocycles. The van der Waals surface area contributed by atoms with E-state index in [0.29, 0.717) is 42.0 Å². The summed E-state index contributed by atoms with van der Waals surface area (Å²) in [6.07, 6.45) is 14.3. The van der Waals surface area contributed by atoms with Gasteiger partial charge in [-0.3, -0.25) is 9.69 Å². The van der Waals surface area contributed by atoms with E-state index >= 15 is 4.39 Å². The second-order valence-corrected chi connectivity index (χ2v) is 16.6. The second kappa shape index (κ2) is 15.1. The first-order valence-electron chi connectivity index (χ1n) is 20.3. The summed E-state index contributed by atoms with van der Waals surface area (Å²) >= 11 is 0. The number of rotatable bonds is 10. The van der Waals surface area contributed by atoms with Crippen molar-refractivity contribution in [3.63, 3.8) is 0 Å². The van der Waals surface area contributed by atoms with Gasteiger partial charge in [-0.05, 0) is 111 Å². The van der Waals surface area contributed by atoms with Crippen molar-refractivity contribution in [2.45, 2.75) is 90.1 Å². The highest BCUT2D eigenvalue weighted by molar-refractivity contribution is 5.97. The van der Waals surface area contributed by atoms with Crippen molar-refractivity contribution in [2.75, 3.05) is 31.3 Å². The summed E-state index contributed by atoms with van der Waals surface area (Å²) in [6, 6.07) is 23.0. The van der Waals surface area contributed by atoms with Gasteiger partial charge in [-0.2, -0.15) is 0 Å². The van der Waals surface area contributed by atoms with Crippen LogP contribution in [0.5, 0.6) is 23.0 Å². The largest absolute Gasteiger partial charge is 0.455 e. The fourth-order valence-corrected chi connectivity index (χ4v) is 9.83. The zero-order valence-electron chi connectivity index (χ0n) is 32.7. The third-order valence-electron chi connectivity index (χ3n) is 12.8. The van der Waals surface area contributed by atoms with Gasteiger partial charge in [-0.1, -0.05) is 61.9 Å². The number of aromatic nitrogens is 2. The smallest absolute Gasteiger partial charge is 0.231 e. The topological polar surface area (TPSA) is 79.9 Å². The summed E-state index contributed by atoms with van der Waals surface area (Å²) in [5.74, 6) is 2.43. The number of fused-ring (bicyclic) bond motifs is 2. The van der Waals surface area contributed by atoms with E-state index in [1.807, 2.05) is 24.4 Å². The SMILES string of the molecule is CC(=O)c1cc(F)c(N2CCC3(CC2)CC(N2CCC=C(CCc4cccc5c4OCO5)C[C@H]2c2ccccc2C(C)C)C3)cc1Oc1cnc2[nH]ccc2c1. The van der Waals surface area contributed by atoms with Gasteiger partial charge in [0.25, 0.3) is 0 Å². The molecule has 5 aromatic rings. The third-order valence-corrected chi connectivity index (χ3v) is 12.8. The van der Waals surface area contributed by atoms with E-state index in [1.54, 1.807) is 12.3 Å². The minimum atomic E-state index is -0.388. The van der Waals surface area contributed by atoms with Crippen molar-refractivity contribution >= 4 is 22.5 Å². The van der Waals surface area contributed by atoms with Gasteiger partial charge >= 0.3 is 0 Å². The van der Waals surface area contributed by atoms with Gasteiger partial charge in [0.2, 0.25) is 6.79 Å². The first-order chi connectivity index (χ1) is 27.2. The molecule has 0 unspecified atom stereocenters. The van der Waals surface area contributed by atoms with Crippen molar-refractivity contribution in [3.8, 4) is 23.0 Å². The van der Waals surface area contributed by atoms with Crippen molar-refractivity contribution in [2.24, 2.45) is 5.41 Å². The first-order valence-corrected chi connectivity index (χ1v) is 20.3. The van der Waals surface area contributed by atoms with Crippen LogP contribution in [-0.4, -0.2) is 53.1 Å². The summed E-state index contributed by atoms with van der Waals surface area (Å²) in [5.41, 5.74) is 7.39. The molecule has 1 saturated heterocycles. The maximum absolute atomic E-state index is 15.8. The molecule has 3 aliphatic heterocycles. The summed E-state index contributed by atoms with van der Waals surface area (Å²) in [4.78, 5) is 25.1. The average Bonchev–Trinajstić information content (AvgIpc) is 3.82. The number of H-pyrrole nitrogens is 1. The van der Waals surface area contributed by atoms with Crippen LogP contribution < -0.4 is 19.1 Å². The molecule has 0 amide bonds. The number of aromatic amines is 1. The molecule has 8 nitrogen and oxygen atoms in total. The number of para-hydroxylation sites is 1. The third kappa shape index (κ3) is 7.06. The molecule has 5 heterocycles. The Balaban J connectivity index is 0.895. The number of carbonyl (C=O) groups excluding carboxylic acids is 1. The number of ketones is 1. The minimum Gasteiger partial charge on any atom is -0.455 e. The van der Waals surface area contributed by atoms with E-state index in [1.165, 1.54) is 48.1 Å². The quantitative estimate of drug-likeness (QED) is 0.112. The number of carbonyl (C=O) groups is 1. The minimum absolute atomic E-state index is 0.228. The van der Waals surface area contributed by atoms with Crippen molar-refractivity contribution < 1.29 is 23.4 Å². The van der Waals surface area contributed by atoms with E-state index in [2.05, 4.69) is 76.1 Å². The molecule has 56 heavy (non-hydrogen) atoms. The molecule has 2 aromatic heterocycles. The fraction of sp³-hybridized carbons (Fsp3) is 0.404. The number of ether oxygens (including phenoxy) is 3. The molecule has 1 aliphatic carbocycles. The summed E-state index contributed by atoms with van der Waals surface area (Å²) < 4.78 is 33.5. The Bertz CT molecular complexity index is 2280. The van der Waals surface area contributed by atoms with Crippen LogP contribution in [0.1, 0.15) is 105 Å². The number of nitrogens with zero attached hydrogens (tertiary/aromatic N) is 3. The van der Waals surface area contributed by atoms with Gasteiger partial charge in [0, 0.05) is 49.4 Å². The number of Topliss-reactive ketones (excluding diaryl/α,β-unsaturated/α-hetero) is 1. The molecule has 2 fully saturated rings. The second-order valence-electron chi connectivity index (χ2n) is 16.6. The molecule has 0 bridgehead atoms. The molecule has 9 heteroatoms. The predicted molar refractivity (Wildman–Crippen MR) is 218 cm³/mol. The highest BCUT2D eigenvalue weighted by atomic mass is 19.1. The van der Waals surface area contributed by atoms with E-state index in [4.69, 9.17) is 14.2 Å². The Labute approximate surface area is 328 Å². The predicted octanol–water partition coefficient (Wildman–Crippen LogP) is 10.7. The van der Waals surface area contributed by atoms with Crippen LogP contribution in [0.2, 0.25) is 0 Å². The van der Waals surface area contributed by atoms with Gasteiger partial charge in [0.1, 0.15) is 23.0 Å². The molecule has 0 radical (unpaired) electrons. The lowest BCUT2D eigenvalue weighted by Crippen LogP contribution is -2.56. The highest BCUT2D eigenvalue weighted by Crippen LogP contribution is 2.54.